The highest BCUT2D eigenvalue weighted by Crippen LogP contribution is 2.38. The predicted octanol–water partition coefficient (Wildman–Crippen LogP) is 3.23. The van der Waals surface area contributed by atoms with Crippen molar-refractivity contribution in [3.8, 4) is 0 Å². The van der Waals surface area contributed by atoms with Crippen molar-refractivity contribution in [1.82, 2.24) is 9.62 Å². The molecule has 1 unspecified atom stereocenters. The Morgan fingerprint density at radius 1 is 1.07 bits per heavy atom. The molecule has 0 saturated carbocycles. The van der Waals surface area contributed by atoms with E-state index in [9.17, 15) is 13.2 Å². The smallest absolute Gasteiger partial charge is 0.307 e. The van der Waals surface area contributed by atoms with Gasteiger partial charge in [-0.1, -0.05) is 13.0 Å². The average molecular weight is 408 g/mol. The van der Waals surface area contributed by atoms with E-state index in [2.05, 4.69) is 21.0 Å². The third-order valence-electron chi connectivity index (χ3n) is 6.10. The monoisotopic (exact) mass is 407 g/mol. The standard InChI is InChI=1S/C21H33N3O3S/c1-5-24(14(2)3)13-15(4)28(26,27)23-21(25)22-20-18-10-6-8-16(18)12-17-9-7-11-19(17)20/h12,14-15H,5-11,13H2,1-4H3,(H2,22,23,25). The summed E-state index contributed by atoms with van der Waals surface area (Å²) >= 11 is 0. The van der Waals surface area contributed by atoms with Crippen LogP contribution in [-0.2, 0) is 35.7 Å². The number of urea groups is 1. The normalized spacial score (nSPS) is 16.9. The Hall–Kier alpha value is -1.60. The molecule has 28 heavy (non-hydrogen) atoms. The molecule has 0 aliphatic heterocycles. The fourth-order valence-electron chi connectivity index (χ4n) is 4.47. The maximum absolute atomic E-state index is 12.7. The minimum Gasteiger partial charge on any atom is -0.307 e. The molecule has 2 aliphatic carbocycles. The molecule has 0 radical (unpaired) electrons. The van der Waals surface area contributed by atoms with Crippen LogP contribution in [0, 0.1) is 0 Å². The van der Waals surface area contributed by atoms with Gasteiger partial charge in [0, 0.05) is 18.3 Å². The third kappa shape index (κ3) is 4.35. The molecule has 2 N–H and O–H groups in total. The number of anilines is 1. The van der Waals surface area contributed by atoms with Crippen LogP contribution in [0.25, 0.3) is 0 Å². The summed E-state index contributed by atoms with van der Waals surface area (Å²) in [5.74, 6) is 0. The molecule has 156 valence electrons. The van der Waals surface area contributed by atoms with Crippen LogP contribution in [0.3, 0.4) is 0 Å². The van der Waals surface area contributed by atoms with Gasteiger partial charge in [0.25, 0.3) is 0 Å². The second-order valence-electron chi connectivity index (χ2n) is 8.33. The number of nitrogens with zero attached hydrogens (tertiary/aromatic N) is 1. The molecule has 0 fully saturated rings. The fourth-order valence-corrected chi connectivity index (χ4v) is 5.37. The first-order valence-electron chi connectivity index (χ1n) is 10.5. The van der Waals surface area contributed by atoms with E-state index in [0.29, 0.717) is 6.54 Å². The molecule has 2 aliphatic rings. The zero-order valence-corrected chi connectivity index (χ0v) is 18.3. The van der Waals surface area contributed by atoms with Crippen molar-refractivity contribution < 1.29 is 13.2 Å². The van der Waals surface area contributed by atoms with Crippen LogP contribution in [0.5, 0.6) is 0 Å². The van der Waals surface area contributed by atoms with Gasteiger partial charge >= 0.3 is 6.03 Å². The minimum absolute atomic E-state index is 0.256. The summed E-state index contributed by atoms with van der Waals surface area (Å²) in [5, 5.41) is 2.23. The Labute approximate surface area is 169 Å². The van der Waals surface area contributed by atoms with E-state index in [1.165, 1.54) is 22.3 Å². The summed E-state index contributed by atoms with van der Waals surface area (Å²) in [6.45, 7) is 8.91. The average Bonchev–Trinajstić information content (AvgIpc) is 3.27. The molecule has 0 heterocycles. The molecule has 6 nitrogen and oxygen atoms in total. The van der Waals surface area contributed by atoms with Crippen LogP contribution in [0.2, 0.25) is 0 Å². The maximum Gasteiger partial charge on any atom is 0.332 e. The van der Waals surface area contributed by atoms with Gasteiger partial charge < -0.3 is 5.32 Å². The summed E-state index contributed by atoms with van der Waals surface area (Å²) in [6, 6.07) is 1.90. The SMILES string of the molecule is CCN(CC(C)S(=O)(=O)NC(=O)Nc1c2c(cc3c1CCC3)CCC2)C(C)C. The highest BCUT2D eigenvalue weighted by Gasteiger charge is 2.28. The van der Waals surface area contributed by atoms with Crippen LogP contribution < -0.4 is 10.0 Å². The number of hydrogen-bond donors (Lipinski definition) is 2. The van der Waals surface area contributed by atoms with Gasteiger partial charge in [-0.25, -0.2) is 17.9 Å². The predicted molar refractivity (Wildman–Crippen MR) is 113 cm³/mol. The molecule has 1 aromatic rings. The Morgan fingerprint density at radius 2 is 1.64 bits per heavy atom. The summed E-state index contributed by atoms with van der Waals surface area (Å²) in [4.78, 5) is 14.7. The van der Waals surface area contributed by atoms with E-state index in [-0.39, 0.29) is 6.04 Å². The van der Waals surface area contributed by atoms with E-state index in [1.54, 1.807) is 6.92 Å². The Morgan fingerprint density at radius 3 is 2.14 bits per heavy atom. The molecule has 1 aromatic carbocycles. The first kappa shape index (κ1) is 21.1. The molecule has 0 spiro atoms. The van der Waals surface area contributed by atoms with Gasteiger partial charge in [-0.15, -0.1) is 0 Å². The van der Waals surface area contributed by atoms with E-state index < -0.39 is 21.3 Å². The van der Waals surface area contributed by atoms with Crippen LogP contribution in [-0.4, -0.2) is 43.7 Å². The molecule has 1 atom stereocenters. The highest BCUT2D eigenvalue weighted by atomic mass is 32.2. The van der Waals surface area contributed by atoms with Crippen molar-refractivity contribution in [1.29, 1.82) is 0 Å². The number of nitrogens with one attached hydrogen (secondary N) is 2. The third-order valence-corrected chi connectivity index (χ3v) is 7.78. The molecule has 3 rings (SSSR count). The van der Waals surface area contributed by atoms with Crippen LogP contribution >= 0.6 is 0 Å². The van der Waals surface area contributed by atoms with Gasteiger partial charge in [-0.3, -0.25) is 4.90 Å². The summed E-state index contributed by atoms with van der Waals surface area (Å²) in [7, 11) is -3.75. The molecular formula is C21H33N3O3S. The fraction of sp³-hybridized carbons (Fsp3) is 0.667. The first-order valence-corrected chi connectivity index (χ1v) is 12.0. The van der Waals surface area contributed by atoms with Crippen LogP contribution in [0.4, 0.5) is 10.5 Å². The number of benzene rings is 1. The maximum atomic E-state index is 12.7. The number of aryl methyl sites for hydroxylation is 2. The number of amides is 2. The number of fused-ring (bicyclic) bond motifs is 2. The molecular weight excluding hydrogens is 374 g/mol. The second-order valence-corrected chi connectivity index (χ2v) is 10.4. The zero-order valence-electron chi connectivity index (χ0n) is 17.5. The summed E-state index contributed by atoms with van der Waals surface area (Å²) < 4.78 is 27.6. The lowest BCUT2D eigenvalue weighted by Crippen LogP contribution is -2.46. The topological polar surface area (TPSA) is 78.5 Å². The van der Waals surface area contributed by atoms with E-state index >= 15 is 0 Å². The Balaban J connectivity index is 1.73. The van der Waals surface area contributed by atoms with Crippen LogP contribution in [0.15, 0.2) is 6.07 Å². The lowest BCUT2D eigenvalue weighted by Gasteiger charge is -2.27. The first-order chi connectivity index (χ1) is 13.2. The molecule has 7 heteroatoms. The van der Waals surface area contributed by atoms with E-state index in [4.69, 9.17) is 0 Å². The van der Waals surface area contributed by atoms with Gasteiger partial charge in [0.05, 0.1) is 5.25 Å². The van der Waals surface area contributed by atoms with Crippen molar-refractivity contribution in [2.75, 3.05) is 18.4 Å². The number of rotatable bonds is 7. The van der Waals surface area contributed by atoms with Crippen molar-refractivity contribution in [2.24, 2.45) is 0 Å². The summed E-state index contributed by atoms with van der Waals surface area (Å²) in [6.07, 6.45) is 6.15. The second kappa shape index (κ2) is 8.41. The number of carbonyl (C=O) groups is 1. The van der Waals surface area contributed by atoms with E-state index in [1.807, 2.05) is 20.8 Å². The van der Waals surface area contributed by atoms with Crippen molar-refractivity contribution in [3.05, 3.63) is 28.3 Å². The Kier molecular flexibility index (Phi) is 6.34. The number of sulfonamides is 1. The van der Waals surface area contributed by atoms with Gasteiger partial charge in [0.2, 0.25) is 10.0 Å². The van der Waals surface area contributed by atoms with Gasteiger partial charge in [0.1, 0.15) is 0 Å². The minimum atomic E-state index is -3.75. The van der Waals surface area contributed by atoms with Gasteiger partial charge in [0.15, 0.2) is 0 Å². The Bertz CT molecular complexity index is 817. The number of hydrogen-bond acceptors (Lipinski definition) is 4. The van der Waals surface area contributed by atoms with Gasteiger partial charge in [-0.2, -0.15) is 0 Å². The molecule has 0 saturated heterocycles. The van der Waals surface area contributed by atoms with Crippen molar-refractivity contribution >= 4 is 21.7 Å². The largest absolute Gasteiger partial charge is 0.332 e. The quantitative estimate of drug-likeness (QED) is 0.727. The van der Waals surface area contributed by atoms with E-state index in [0.717, 1.165) is 50.8 Å². The molecule has 0 bridgehead atoms. The lowest BCUT2D eigenvalue weighted by atomic mass is 9.99. The lowest BCUT2D eigenvalue weighted by molar-refractivity contribution is 0.234. The van der Waals surface area contributed by atoms with Gasteiger partial charge in [-0.05, 0) is 88.1 Å². The molecule has 0 aromatic heterocycles. The van der Waals surface area contributed by atoms with Crippen molar-refractivity contribution in [2.45, 2.75) is 77.5 Å². The molecule has 2 amide bonds. The van der Waals surface area contributed by atoms with Crippen molar-refractivity contribution in [3.63, 3.8) is 0 Å². The van der Waals surface area contributed by atoms with Crippen LogP contribution in [0.1, 0.15) is 62.8 Å². The highest BCUT2D eigenvalue weighted by molar-refractivity contribution is 7.90. The summed E-state index contributed by atoms with van der Waals surface area (Å²) in [5.41, 5.74) is 5.86. The zero-order chi connectivity index (χ0) is 20.5. The number of carbonyl (C=O) groups excluding carboxylic acids is 1.